The number of alkyl halides is 6. The molecule has 2 unspecified atom stereocenters. The number of ether oxygens (including phenoxy) is 1. The Balaban J connectivity index is 0.00000441. The highest BCUT2D eigenvalue weighted by atomic mass is 35.5. The highest BCUT2D eigenvalue weighted by Crippen LogP contribution is 2.36. The molecule has 0 saturated carbocycles. The second-order valence-electron chi connectivity index (χ2n) is 4.36. The minimum atomic E-state index is -5.72. The molecule has 128 valence electrons. The molecule has 0 radical (unpaired) electrons. The highest BCUT2D eigenvalue weighted by molar-refractivity contribution is 5.85. The molecular weight excluding hydrogens is 340 g/mol. The van der Waals surface area contributed by atoms with Gasteiger partial charge in [0, 0.05) is 6.04 Å². The van der Waals surface area contributed by atoms with E-state index in [0.29, 0.717) is 5.56 Å². The van der Waals surface area contributed by atoms with Gasteiger partial charge >= 0.3 is 12.3 Å². The van der Waals surface area contributed by atoms with Gasteiger partial charge in [0.05, 0.1) is 6.61 Å². The van der Waals surface area contributed by atoms with Crippen LogP contribution in [0.5, 0.6) is 5.75 Å². The smallest absolute Gasteiger partial charge is 0.430 e. The van der Waals surface area contributed by atoms with Crippen LogP contribution in [0.2, 0.25) is 0 Å². The van der Waals surface area contributed by atoms with E-state index in [1.54, 1.807) is 0 Å². The van der Waals surface area contributed by atoms with E-state index in [-0.39, 0.29) is 25.4 Å². The van der Waals surface area contributed by atoms with Crippen molar-refractivity contribution < 1.29 is 36.2 Å². The van der Waals surface area contributed by atoms with Gasteiger partial charge in [0.1, 0.15) is 5.75 Å². The number of rotatable bonds is 6. The van der Waals surface area contributed by atoms with Gasteiger partial charge in [-0.2, -0.15) is 22.0 Å². The second kappa shape index (κ2) is 7.89. The first kappa shape index (κ1) is 20.8. The summed E-state index contributed by atoms with van der Waals surface area (Å²) in [5.74, 6) is -0.617. The van der Waals surface area contributed by atoms with Gasteiger partial charge in [-0.15, -0.1) is 12.4 Å². The molecular formula is C12H14ClF6NO2. The molecule has 1 aromatic rings. The summed E-state index contributed by atoms with van der Waals surface area (Å²) < 4.78 is 78.1. The third-order valence-corrected chi connectivity index (χ3v) is 2.49. The van der Waals surface area contributed by atoms with Crippen LogP contribution < -0.4 is 10.5 Å². The monoisotopic (exact) mass is 353 g/mol. The zero-order valence-corrected chi connectivity index (χ0v) is 11.8. The van der Waals surface area contributed by atoms with Crippen molar-refractivity contribution in [2.45, 2.75) is 30.9 Å². The van der Waals surface area contributed by atoms with Gasteiger partial charge in [0.25, 0.3) is 6.17 Å². The average molecular weight is 354 g/mol. The molecule has 3 nitrogen and oxygen atoms in total. The van der Waals surface area contributed by atoms with Crippen molar-refractivity contribution in [3.05, 3.63) is 29.8 Å². The Morgan fingerprint density at radius 2 is 1.59 bits per heavy atom. The molecule has 22 heavy (non-hydrogen) atoms. The molecule has 0 aromatic heterocycles. The number of benzene rings is 1. The summed E-state index contributed by atoms with van der Waals surface area (Å²) in [7, 11) is 0. The molecule has 10 heteroatoms. The minimum Gasteiger partial charge on any atom is -0.430 e. The maximum absolute atomic E-state index is 13.0. The quantitative estimate of drug-likeness (QED) is 0.773. The van der Waals surface area contributed by atoms with Crippen LogP contribution in [-0.2, 0) is 6.42 Å². The lowest BCUT2D eigenvalue weighted by atomic mass is 10.1. The Kier molecular flexibility index (Phi) is 7.46. The number of hydrogen-bond donors (Lipinski definition) is 2. The van der Waals surface area contributed by atoms with E-state index >= 15 is 0 Å². The van der Waals surface area contributed by atoms with Crippen LogP contribution in [0.1, 0.15) is 5.56 Å². The largest absolute Gasteiger partial charge is 0.439 e. The molecule has 1 aromatic carbocycles. The first-order valence-electron chi connectivity index (χ1n) is 5.79. The van der Waals surface area contributed by atoms with Gasteiger partial charge in [-0.25, -0.2) is 4.39 Å². The van der Waals surface area contributed by atoms with E-state index in [0.717, 1.165) is 12.1 Å². The lowest BCUT2D eigenvalue weighted by molar-refractivity contribution is -0.304. The first-order chi connectivity index (χ1) is 9.56. The summed E-state index contributed by atoms with van der Waals surface area (Å²) in [6.45, 7) is -0.286. The number of aliphatic hydroxyl groups is 1. The number of aliphatic hydroxyl groups excluding tert-OH is 1. The Hall–Kier alpha value is -1.19. The Bertz CT molecular complexity index is 454. The SMILES string of the molecule is Cl.NC(CO)Cc1ccc(OC(F)(F)C(F)C(F)(F)F)cc1. The van der Waals surface area contributed by atoms with Crippen LogP contribution in [0.4, 0.5) is 26.3 Å². The zero-order valence-electron chi connectivity index (χ0n) is 11.0. The van der Waals surface area contributed by atoms with E-state index in [1.807, 2.05) is 0 Å². The van der Waals surface area contributed by atoms with Crippen molar-refractivity contribution >= 4 is 12.4 Å². The molecule has 0 fully saturated rings. The lowest BCUT2D eigenvalue weighted by Crippen LogP contribution is -2.45. The van der Waals surface area contributed by atoms with Crippen LogP contribution >= 0.6 is 12.4 Å². The summed E-state index contributed by atoms with van der Waals surface area (Å²) >= 11 is 0. The molecule has 0 spiro atoms. The van der Waals surface area contributed by atoms with Gasteiger partial charge < -0.3 is 15.6 Å². The van der Waals surface area contributed by atoms with E-state index in [9.17, 15) is 26.3 Å². The van der Waals surface area contributed by atoms with Crippen molar-refractivity contribution in [1.29, 1.82) is 0 Å². The lowest BCUT2D eigenvalue weighted by Gasteiger charge is -2.23. The first-order valence-corrected chi connectivity index (χ1v) is 5.79. The molecule has 0 bridgehead atoms. The molecule has 0 heterocycles. The Labute approximate surface area is 128 Å². The fourth-order valence-corrected chi connectivity index (χ4v) is 1.46. The molecule has 0 saturated heterocycles. The number of halogens is 7. The van der Waals surface area contributed by atoms with Crippen LogP contribution in [0.3, 0.4) is 0 Å². The van der Waals surface area contributed by atoms with Gasteiger partial charge in [-0.1, -0.05) is 12.1 Å². The molecule has 0 aliphatic heterocycles. The average Bonchev–Trinajstić information content (AvgIpc) is 2.38. The Morgan fingerprint density at radius 3 is 2.00 bits per heavy atom. The fourth-order valence-electron chi connectivity index (χ4n) is 1.46. The van der Waals surface area contributed by atoms with E-state index in [2.05, 4.69) is 4.74 Å². The molecule has 0 aliphatic rings. The normalized spacial score (nSPS) is 14.9. The van der Waals surface area contributed by atoms with E-state index < -0.39 is 30.2 Å². The van der Waals surface area contributed by atoms with Gasteiger partial charge in [-0.05, 0) is 24.1 Å². The van der Waals surface area contributed by atoms with Crippen molar-refractivity contribution in [2.75, 3.05) is 6.61 Å². The molecule has 0 amide bonds. The van der Waals surface area contributed by atoms with Crippen molar-refractivity contribution in [2.24, 2.45) is 5.73 Å². The summed E-state index contributed by atoms with van der Waals surface area (Å²) in [6, 6.07) is 3.94. The zero-order chi connectivity index (χ0) is 16.3. The van der Waals surface area contributed by atoms with E-state index in [1.165, 1.54) is 12.1 Å². The molecule has 0 aliphatic carbocycles. The highest BCUT2D eigenvalue weighted by Gasteiger charge is 2.59. The second-order valence-corrected chi connectivity index (χ2v) is 4.36. The predicted molar refractivity (Wildman–Crippen MR) is 69.0 cm³/mol. The fraction of sp³-hybridized carbons (Fsp3) is 0.500. The summed E-state index contributed by atoms with van der Waals surface area (Å²) in [5, 5.41) is 8.74. The van der Waals surface area contributed by atoms with Gasteiger partial charge in [-0.3, -0.25) is 0 Å². The number of hydrogen-bond acceptors (Lipinski definition) is 3. The van der Waals surface area contributed by atoms with Crippen LogP contribution in [-0.4, -0.2) is 36.2 Å². The summed E-state index contributed by atoms with van der Waals surface area (Å²) in [5.41, 5.74) is 6.01. The standard InChI is InChI=1S/C12H13F6NO2.ClH/c13-10(11(14,15)16)12(17,18)21-9-3-1-7(2-4-9)5-8(19)6-20;/h1-4,8,10,20H,5-6,19H2;1H. The molecule has 3 N–H and O–H groups in total. The Morgan fingerprint density at radius 1 is 1.09 bits per heavy atom. The van der Waals surface area contributed by atoms with Gasteiger partial charge in [0.15, 0.2) is 0 Å². The number of nitrogens with two attached hydrogens (primary N) is 1. The van der Waals surface area contributed by atoms with E-state index in [4.69, 9.17) is 10.8 Å². The van der Waals surface area contributed by atoms with Crippen LogP contribution in [0.25, 0.3) is 0 Å². The maximum atomic E-state index is 13.0. The molecule has 1 rings (SSSR count). The summed E-state index contributed by atoms with van der Waals surface area (Å²) in [4.78, 5) is 0. The third kappa shape index (κ3) is 5.90. The predicted octanol–water partition coefficient (Wildman–Crippen LogP) is 2.84. The van der Waals surface area contributed by atoms with Crippen LogP contribution in [0.15, 0.2) is 24.3 Å². The van der Waals surface area contributed by atoms with Crippen LogP contribution in [0, 0.1) is 0 Å². The van der Waals surface area contributed by atoms with Crippen molar-refractivity contribution in [1.82, 2.24) is 0 Å². The maximum Gasteiger partial charge on any atom is 0.439 e. The van der Waals surface area contributed by atoms with Crippen molar-refractivity contribution in [3.63, 3.8) is 0 Å². The van der Waals surface area contributed by atoms with Gasteiger partial charge in [0.2, 0.25) is 0 Å². The third-order valence-electron chi connectivity index (χ3n) is 2.49. The van der Waals surface area contributed by atoms with Crippen molar-refractivity contribution in [3.8, 4) is 5.75 Å². The minimum absolute atomic E-state index is 0. The summed E-state index contributed by atoms with van der Waals surface area (Å²) in [6.07, 6.45) is -14.9. The topological polar surface area (TPSA) is 55.5 Å². The molecule has 2 atom stereocenters.